The predicted molar refractivity (Wildman–Crippen MR) is 66.1 cm³/mol. The van der Waals surface area contributed by atoms with Gasteiger partial charge in [0.05, 0.1) is 6.04 Å². The molecule has 2 atom stereocenters. The van der Waals surface area contributed by atoms with Crippen molar-refractivity contribution in [1.29, 1.82) is 0 Å². The number of sulfonamides is 1. The maximum Gasteiger partial charge on any atom is 0.220 e. The van der Waals surface area contributed by atoms with Gasteiger partial charge in [-0.3, -0.25) is 0 Å². The van der Waals surface area contributed by atoms with Crippen LogP contribution < -0.4 is 16.0 Å². The standard InChI is InChI=1S/C11H15N3O2S/c1-11(17(12,15)16,10-7-8-13-14-10)9-5-3-2-4-6-9/h2-8,10,13-14H,1H3,(H2,12,15,16). The van der Waals surface area contributed by atoms with Gasteiger partial charge in [-0.25, -0.2) is 19.0 Å². The number of hydrogen-bond donors (Lipinski definition) is 3. The summed E-state index contributed by atoms with van der Waals surface area (Å²) in [6.07, 6.45) is 3.41. The Hall–Kier alpha value is -1.37. The number of benzene rings is 1. The number of rotatable bonds is 3. The van der Waals surface area contributed by atoms with Gasteiger partial charge < -0.3 is 5.43 Å². The molecule has 4 N–H and O–H groups in total. The predicted octanol–water partition coefficient (Wildman–Crippen LogP) is 0.180. The maximum absolute atomic E-state index is 11.9. The van der Waals surface area contributed by atoms with Gasteiger partial charge in [-0.2, -0.15) is 0 Å². The van der Waals surface area contributed by atoms with E-state index in [1.54, 1.807) is 43.5 Å². The lowest BCUT2D eigenvalue weighted by atomic mass is 9.93. The smallest absolute Gasteiger partial charge is 0.220 e. The highest BCUT2D eigenvalue weighted by Crippen LogP contribution is 2.33. The van der Waals surface area contributed by atoms with Crippen LogP contribution in [0, 0.1) is 0 Å². The van der Waals surface area contributed by atoms with E-state index < -0.39 is 20.8 Å². The lowest BCUT2D eigenvalue weighted by Crippen LogP contribution is -2.53. The third kappa shape index (κ3) is 1.95. The number of hydrazine groups is 1. The molecule has 17 heavy (non-hydrogen) atoms. The first-order valence-corrected chi connectivity index (χ1v) is 6.76. The molecule has 0 bridgehead atoms. The van der Waals surface area contributed by atoms with Crippen molar-refractivity contribution >= 4 is 10.0 Å². The molecular weight excluding hydrogens is 238 g/mol. The van der Waals surface area contributed by atoms with Crippen molar-refractivity contribution in [3.8, 4) is 0 Å². The zero-order valence-corrected chi connectivity index (χ0v) is 10.2. The second-order valence-electron chi connectivity index (χ2n) is 4.14. The molecular formula is C11H15N3O2S. The maximum atomic E-state index is 11.9. The summed E-state index contributed by atoms with van der Waals surface area (Å²) in [5, 5.41) is 5.40. The van der Waals surface area contributed by atoms with E-state index in [9.17, 15) is 8.42 Å². The Balaban J connectivity index is 2.56. The molecule has 1 aromatic rings. The van der Waals surface area contributed by atoms with Crippen LogP contribution in [0.25, 0.3) is 0 Å². The quantitative estimate of drug-likeness (QED) is 0.717. The van der Waals surface area contributed by atoms with Gasteiger partial charge >= 0.3 is 0 Å². The highest BCUT2D eigenvalue weighted by atomic mass is 32.2. The lowest BCUT2D eigenvalue weighted by Gasteiger charge is -2.32. The fourth-order valence-corrected chi connectivity index (χ4v) is 2.90. The minimum Gasteiger partial charge on any atom is -0.328 e. The molecule has 0 radical (unpaired) electrons. The first kappa shape index (κ1) is 12.1. The third-order valence-electron chi connectivity index (χ3n) is 3.14. The van der Waals surface area contributed by atoms with Gasteiger partial charge in [0.1, 0.15) is 4.75 Å². The van der Waals surface area contributed by atoms with E-state index in [1.807, 2.05) is 6.07 Å². The normalized spacial score (nSPS) is 23.1. The molecule has 1 aromatic carbocycles. The molecule has 2 rings (SSSR count). The number of hydrogen-bond acceptors (Lipinski definition) is 4. The molecule has 1 aliphatic rings. The van der Waals surface area contributed by atoms with Crippen LogP contribution in [0.5, 0.6) is 0 Å². The molecule has 0 saturated heterocycles. The summed E-state index contributed by atoms with van der Waals surface area (Å²) >= 11 is 0. The van der Waals surface area contributed by atoms with Crippen molar-refractivity contribution in [1.82, 2.24) is 10.9 Å². The molecule has 5 nitrogen and oxygen atoms in total. The molecule has 0 amide bonds. The Kier molecular flexibility index (Phi) is 2.94. The van der Waals surface area contributed by atoms with Crippen molar-refractivity contribution in [2.45, 2.75) is 17.7 Å². The first-order valence-electron chi connectivity index (χ1n) is 5.22. The van der Waals surface area contributed by atoms with Crippen LogP contribution >= 0.6 is 0 Å². The van der Waals surface area contributed by atoms with E-state index in [2.05, 4.69) is 10.9 Å². The second-order valence-corrected chi connectivity index (χ2v) is 6.08. The second kappa shape index (κ2) is 4.14. The molecule has 92 valence electrons. The van der Waals surface area contributed by atoms with Gasteiger partial charge in [0.15, 0.2) is 0 Å². The van der Waals surface area contributed by atoms with Crippen LogP contribution in [0.4, 0.5) is 0 Å². The van der Waals surface area contributed by atoms with Crippen LogP contribution in [-0.4, -0.2) is 14.5 Å². The van der Waals surface area contributed by atoms with E-state index >= 15 is 0 Å². The highest BCUT2D eigenvalue weighted by molar-refractivity contribution is 7.90. The number of primary sulfonamides is 1. The Morgan fingerprint density at radius 1 is 1.29 bits per heavy atom. The van der Waals surface area contributed by atoms with Crippen LogP contribution in [0.3, 0.4) is 0 Å². The molecule has 0 fully saturated rings. The molecule has 0 saturated carbocycles. The Morgan fingerprint density at radius 3 is 2.41 bits per heavy atom. The van der Waals surface area contributed by atoms with E-state index in [0.717, 1.165) is 0 Å². The summed E-state index contributed by atoms with van der Waals surface area (Å²) in [6, 6.07) is 8.55. The van der Waals surface area contributed by atoms with Crippen LogP contribution in [0.2, 0.25) is 0 Å². The fraction of sp³-hybridized carbons (Fsp3) is 0.273. The van der Waals surface area contributed by atoms with Gasteiger partial charge in [-0.05, 0) is 18.6 Å². The molecule has 1 heterocycles. The molecule has 2 unspecified atom stereocenters. The summed E-state index contributed by atoms with van der Waals surface area (Å²) in [4.78, 5) is 0. The molecule has 0 aromatic heterocycles. The minimum absolute atomic E-state index is 0.403. The minimum atomic E-state index is -3.75. The van der Waals surface area contributed by atoms with Crippen molar-refractivity contribution in [2.24, 2.45) is 5.14 Å². The summed E-state index contributed by atoms with van der Waals surface area (Å²) in [5.41, 5.74) is 6.31. The lowest BCUT2D eigenvalue weighted by molar-refractivity contribution is 0.448. The number of nitrogens with two attached hydrogens (primary N) is 1. The summed E-state index contributed by atoms with van der Waals surface area (Å²) in [5.74, 6) is 0. The Labute approximate surface area is 101 Å². The monoisotopic (exact) mass is 253 g/mol. The van der Waals surface area contributed by atoms with Crippen LogP contribution in [0.15, 0.2) is 42.6 Å². The topological polar surface area (TPSA) is 84.2 Å². The van der Waals surface area contributed by atoms with Crippen molar-refractivity contribution in [3.63, 3.8) is 0 Å². The summed E-state index contributed by atoms with van der Waals surface area (Å²) in [6.45, 7) is 1.62. The van der Waals surface area contributed by atoms with Gasteiger partial charge in [-0.15, -0.1) is 0 Å². The van der Waals surface area contributed by atoms with Gasteiger partial charge in [0, 0.05) is 6.20 Å². The molecule has 0 spiro atoms. The molecule has 0 aliphatic carbocycles. The largest absolute Gasteiger partial charge is 0.328 e. The molecule has 6 heteroatoms. The van der Waals surface area contributed by atoms with Crippen LogP contribution in [-0.2, 0) is 14.8 Å². The zero-order chi connectivity index (χ0) is 12.5. The summed E-state index contributed by atoms with van der Waals surface area (Å²) < 4.78 is 22.6. The van der Waals surface area contributed by atoms with Crippen molar-refractivity contribution in [2.75, 3.05) is 0 Å². The van der Waals surface area contributed by atoms with Gasteiger partial charge in [0.2, 0.25) is 10.0 Å². The van der Waals surface area contributed by atoms with Gasteiger partial charge in [0.25, 0.3) is 0 Å². The number of nitrogens with one attached hydrogen (secondary N) is 2. The zero-order valence-electron chi connectivity index (χ0n) is 9.42. The van der Waals surface area contributed by atoms with E-state index in [-0.39, 0.29) is 0 Å². The average Bonchev–Trinajstić information content (AvgIpc) is 2.81. The van der Waals surface area contributed by atoms with E-state index in [1.165, 1.54) is 0 Å². The average molecular weight is 253 g/mol. The summed E-state index contributed by atoms with van der Waals surface area (Å²) in [7, 11) is -3.75. The van der Waals surface area contributed by atoms with Crippen LogP contribution in [0.1, 0.15) is 12.5 Å². The Morgan fingerprint density at radius 2 is 1.94 bits per heavy atom. The highest BCUT2D eigenvalue weighted by Gasteiger charge is 2.45. The molecule has 1 aliphatic heterocycles. The van der Waals surface area contributed by atoms with Crippen molar-refractivity contribution < 1.29 is 8.42 Å². The van der Waals surface area contributed by atoms with Crippen molar-refractivity contribution in [3.05, 3.63) is 48.2 Å². The SMILES string of the molecule is CC(c1ccccc1)(C1C=CNN1)S(N)(=O)=O. The van der Waals surface area contributed by atoms with E-state index in [4.69, 9.17) is 5.14 Å². The first-order chi connectivity index (χ1) is 7.96. The van der Waals surface area contributed by atoms with Gasteiger partial charge in [-0.1, -0.05) is 30.3 Å². The third-order valence-corrected chi connectivity index (χ3v) is 4.81. The van der Waals surface area contributed by atoms with E-state index in [0.29, 0.717) is 5.56 Å². The Bertz CT molecular complexity index is 527. The fourth-order valence-electron chi connectivity index (χ4n) is 1.94.